The van der Waals surface area contributed by atoms with Crippen LogP contribution in [-0.2, 0) is 19.4 Å². The first-order chi connectivity index (χ1) is 9.25. The van der Waals surface area contributed by atoms with E-state index >= 15 is 0 Å². The zero-order chi connectivity index (χ0) is 13.1. The lowest BCUT2D eigenvalue weighted by molar-refractivity contribution is 0.207. The fourth-order valence-electron chi connectivity index (χ4n) is 3.83. The van der Waals surface area contributed by atoms with Crippen molar-refractivity contribution in [3.63, 3.8) is 0 Å². The summed E-state index contributed by atoms with van der Waals surface area (Å²) >= 11 is 0. The van der Waals surface area contributed by atoms with E-state index in [1.165, 1.54) is 63.5 Å². The number of nitrogens with one attached hydrogen (secondary N) is 1. The highest BCUT2D eigenvalue weighted by Gasteiger charge is 2.25. The number of aryl methyl sites for hydroxylation is 2. The number of benzene rings is 1. The van der Waals surface area contributed by atoms with Gasteiger partial charge >= 0.3 is 0 Å². The Morgan fingerprint density at radius 3 is 2.63 bits per heavy atom. The molecule has 0 heterocycles. The maximum absolute atomic E-state index is 3.70. The first kappa shape index (κ1) is 13.2. The fraction of sp³-hybridized carbons (Fsp3) is 0.667. The van der Waals surface area contributed by atoms with E-state index < -0.39 is 0 Å². The Labute approximate surface area is 117 Å². The lowest BCUT2D eigenvalue weighted by atomic mass is 9.76. The minimum atomic E-state index is 0.551. The molecule has 104 valence electrons. The summed E-state index contributed by atoms with van der Waals surface area (Å²) in [5, 5.41) is 3.70. The molecular formula is C18H27N. The predicted octanol–water partition coefficient (Wildman–Crippen LogP) is 4.24. The molecular weight excluding hydrogens is 230 g/mol. The van der Waals surface area contributed by atoms with Gasteiger partial charge in [-0.15, -0.1) is 0 Å². The summed E-state index contributed by atoms with van der Waals surface area (Å²) in [5.74, 6) is 0. The number of hydrogen-bond acceptors (Lipinski definition) is 1. The van der Waals surface area contributed by atoms with Gasteiger partial charge in [-0.2, -0.15) is 0 Å². The van der Waals surface area contributed by atoms with Gasteiger partial charge in [0.2, 0.25) is 0 Å². The van der Waals surface area contributed by atoms with Crippen molar-refractivity contribution in [3.05, 3.63) is 34.9 Å². The summed E-state index contributed by atoms with van der Waals surface area (Å²) in [6.45, 7) is 4.69. The van der Waals surface area contributed by atoms with Crippen LogP contribution in [0.3, 0.4) is 0 Å². The topological polar surface area (TPSA) is 12.0 Å². The van der Waals surface area contributed by atoms with Gasteiger partial charge in [0.15, 0.2) is 0 Å². The zero-order valence-electron chi connectivity index (χ0n) is 12.3. The van der Waals surface area contributed by atoms with Crippen molar-refractivity contribution in [1.82, 2.24) is 5.32 Å². The third kappa shape index (κ3) is 3.20. The summed E-state index contributed by atoms with van der Waals surface area (Å²) in [6.07, 6.45) is 11.1. The second kappa shape index (κ2) is 5.66. The monoisotopic (exact) mass is 257 g/mol. The molecule has 3 rings (SSSR count). The van der Waals surface area contributed by atoms with E-state index in [-0.39, 0.29) is 0 Å². The Balaban J connectivity index is 1.52. The summed E-state index contributed by atoms with van der Waals surface area (Å²) in [4.78, 5) is 0. The van der Waals surface area contributed by atoms with Crippen molar-refractivity contribution >= 4 is 0 Å². The largest absolute Gasteiger partial charge is 0.312 e. The number of fused-ring (bicyclic) bond motifs is 1. The molecule has 1 aromatic rings. The van der Waals surface area contributed by atoms with Gasteiger partial charge in [-0.25, -0.2) is 0 Å². The van der Waals surface area contributed by atoms with Crippen molar-refractivity contribution in [2.75, 3.05) is 6.54 Å². The molecule has 0 bridgehead atoms. The minimum absolute atomic E-state index is 0.551. The molecule has 1 N–H and O–H groups in total. The maximum atomic E-state index is 3.70. The van der Waals surface area contributed by atoms with Crippen LogP contribution in [0.4, 0.5) is 0 Å². The molecule has 2 aliphatic carbocycles. The van der Waals surface area contributed by atoms with Crippen LogP contribution >= 0.6 is 0 Å². The molecule has 1 heteroatoms. The van der Waals surface area contributed by atoms with Gasteiger partial charge in [0, 0.05) is 13.1 Å². The Hall–Kier alpha value is -0.820. The van der Waals surface area contributed by atoms with Crippen LogP contribution in [0.2, 0.25) is 0 Å². The van der Waals surface area contributed by atoms with Crippen LogP contribution in [0.1, 0.15) is 62.1 Å². The summed E-state index contributed by atoms with van der Waals surface area (Å²) in [5.41, 5.74) is 5.21. The van der Waals surface area contributed by atoms with Crippen LogP contribution in [0.15, 0.2) is 18.2 Å². The summed E-state index contributed by atoms with van der Waals surface area (Å²) in [6, 6.07) is 7.10. The van der Waals surface area contributed by atoms with Crippen molar-refractivity contribution in [1.29, 1.82) is 0 Å². The molecule has 0 atom stereocenters. The molecule has 1 nitrogen and oxygen atoms in total. The smallest absolute Gasteiger partial charge is 0.0205 e. The molecule has 1 fully saturated rings. The van der Waals surface area contributed by atoms with E-state index in [1.54, 1.807) is 11.1 Å². The Kier molecular flexibility index (Phi) is 3.93. The lowest BCUT2D eigenvalue weighted by Crippen LogP contribution is -2.33. The van der Waals surface area contributed by atoms with Crippen LogP contribution < -0.4 is 5.32 Å². The molecule has 1 saturated carbocycles. The third-order valence-corrected chi connectivity index (χ3v) is 5.10. The van der Waals surface area contributed by atoms with Crippen LogP contribution in [0, 0.1) is 5.41 Å². The highest BCUT2D eigenvalue weighted by Crippen LogP contribution is 2.35. The number of rotatable bonds is 4. The molecule has 2 aliphatic rings. The van der Waals surface area contributed by atoms with Gasteiger partial charge < -0.3 is 5.32 Å². The molecule has 0 aromatic heterocycles. The second-order valence-corrected chi connectivity index (χ2v) is 6.93. The van der Waals surface area contributed by atoms with Gasteiger partial charge in [0.25, 0.3) is 0 Å². The second-order valence-electron chi connectivity index (χ2n) is 6.93. The first-order valence-electron chi connectivity index (χ1n) is 8.07. The normalized spacial score (nSPS) is 21.3. The fourth-order valence-corrected chi connectivity index (χ4v) is 3.83. The van der Waals surface area contributed by atoms with Gasteiger partial charge in [-0.05, 0) is 54.2 Å². The molecule has 19 heavy (non-hydrogen) atoms. The average Bonchev–Trinajstić information content (AvgIpc) is 2.87. The standard InChI is InChI=1S/C18H27N/c1-18(10-3-2-4-11-18)14-19-13-15-8-9-16-6-5-7-17(16)12-15/h8-9,12,19H,2-7,10-11,13-14H2,1H3. The third-order valence-electron chi connectivity index (χ3n) is 5.10. The van der Waals surface area contributed by atoms with E-state index in [4.69, 9.17) is 0 Å². The van der Waals surface area contributed by atoms with E-state index in [1.807, 2.05) is 0 Å². The molecule has 1 aromatic carbocycles. The van der Waals surface area contributed by atoms with E-state index in [0.29, 0.717) is 5.41 Å². The van der Waals surface area contributed by atoms with E-state index in [0.717, 1.165) is 6.54 Å². The van der Waals surface area contributed by atoms with Crippen molar-refractivity contribution in [2.45, 2.75) is 64.8 Å². The Morgan fingerprint density at radius 1 is 1.00 bits per heavy atom. The highest BCUT2D eigenvalue weighted by atomic mass is 14.9. The first-order valence-corrected chi connectivity index (χ1v) is 8.07. The van der Waals surface area contributed by atoms with Crippen molar-refractivity contribution in [2.24, 2.45) is 5.41 Å². The van der Waals surface area contributed by atoms with Gasteiger partial charge in [0.1, 0.15) is 0 Å². The number of hydrogen-bond donors (Lipinski definition) is 1. The molecule has 0 radical (unpaired) electrons. The molecule has 0 amide bonds. The summed E-state index contributed by atoms with van der Waals surface area (Å²) < 4.78 is 0. The van der Waals surface area contributed by atoms with Crippen LogP contribution in [0.5, 0.6) is 0 Å². The zero-order valence-corrected chi connectivity index (χ0v) is 12.3. The van der Waals surface area contributed by atoms with Gasteiger partial charge in [-0.3, -0.25) is 0 Å². The van der Waals surface area contributed by atoms with E-state index in [2.05, 4.69) is 30.4 Å². The van der Waals surface area contributed by atoms with Gasteiger partial charge in [0.05, 0.1) is 0 Å². The minimum Gasteiger partial charge on any atom is -0.312 e. The lowest BCUT2D eigenvalue weighted by Gasteiger charge is -2.33. The Morgan fingerprint density at radius 2 is 1.79 bits per heavy atom. The highest BCUT2D eigenvalue weighted by molar-refractivity contribution is 5.35. The van der Waals surface area contributed by atoms with Gasteiger partial charge in [-0.1, -0.05) is 44.4 Å². The van der Waals surface area contributed by atoms with Crippen molar-refractivity contribution < 1.29 is 0 Å². The molecule has 0 unspecified atom stereocenters. The molecule has 0 spiro atoms. The van der Waals surface area contributed by atoms with Crippen molar-refractivity contribution in [3.8, 4) is 0 Å². The van der Waals surface area contributed by atoms with Crippen LogP contribution in [0.25, 0.3) is 0 Å². The predicted molar refractivity (Wildman–Crippen MR) is 81.4 cm³/mol. The summed E-state index contributed by atoms with van der Waals surface area (Å²) in [7, 11) is 0. The molecule has 0 saturated heterocycles. The Bertz CT molecular complexity index is 429. The molecule has 0 aliphatic heterocycles. The van der Waals surface area contributed by atoms with E-state index in [9.17, 15) is 0 Å². The quantitative estimate of drug-likeness (QED) is 0.851. The SMILES string of the molecule is CC1(CNCc2ccc3c(c2)CCC3)CCCCC1. The average molecular weight is 257 g/mol. The van der Waals surface area contributed by atoms with Crippen LogP contribution in [-0.4, -0.2) is 6.54 Å². The maximum Gasteiger partial charge on any atom is 0.0205 e.